The third kappa shape index (κ3) is 2.48. The van der Waals surface area contributed by atoms with Crippen LogP contribution < -0.4 is 0 Å². The van der Waals surface area contributed by atoms with Crippen molar-refractivity contribution in [2.45, 2.75) is 30.1 Å². The van der Waals surface area contributed by atoms with Crippen molar-refractivity contribution in [1.29, 1.82) is 0 Å². The van der Waals surface area contributed by atoms with E-state index in [0.717, 1.165) is 16.5 Å². The van der Waals surface area contributed by atoms with Gasteiger partial charge in [-0.05, 0) is 55.3 Å². The molecule has 0 saturated carbocycles. The van der Waals surface area contributed by atoms with E-state index in [2.05, 4.69) is 15.9 Å². The van der Waals surface area contributed by atoms with E-state index in [1.54, 1.807) is 31.2 Å². The molecule has 1 heterocycles. The molecule has 0 amide bonds. The highest BCUT2D eigenvalue weighted by atomic mass is 79.9. The summed E-state index contributed by atoms with van der Waals surface area (Å²) in [7, 11) is -3.61. The summed E-state index contributed by atoms with van der Waals surface area (Å²) in [5.41, 5.74) is 1.69. The van der Waals surface area contributed by atoms with Gasteiger partial charge in [-0.1, -0.05) is 28.9 Å². The number of sulfone groups is 1. The molecule has 3 nitrogen and oxygen atoms in total. The van der Waals surface area contributed by atoms with Gasteiger partial charge in [-0.25, -0.2) is 8.42 Å². The van der Waals surface area contributed by atoms with Crippen molar-refractivity contribution in [3.05, 3.63) is 58.3 Å². The molecular weight excluding hydrogens is 364 g/mol. The fourth-order valence-corrected chi connectivity index (χ4v) is 4.39. The van der Waals surface area contributed by atoms with E-state index in [-0.39, 0.29) is 9.79 Å². The van der Waals surface area contributed by atoms with Crippen LogP contribution in [0.3, 0.4) is 0 Å². The van der Waals surface area contributed by atoms with E-state index in [4.69, 9.17) is 4.42 Å². The lowest BCUT2D eigenvalue weighted by Gasteiger charge is -2.05. The molecule has 3 rings (SSSR count). The molecule has 0 N–H and O–H groups in total. The zero-order valence-electron chi connectivity index (χ0n) is 12.3. The van der Waals surface area contributed by atoms with Crippen molar-refractivity contribution in [2.75, 3.05) is 0 Å². The minimum Gasteiger partial charge on any atom is -0.460 e. The van der Waals surface area contributed by atoms with Crippen molar-refractivity contribution >= 4 is 36.7 Å². The van der Waals surface area contributed by atoms with Crippen LogP contribution in [-0.2, 0) is 16.3 Å². The number of benzene rings is 2. The molecular formula is C17H15BrO3S. The smallest absolute Gasteiger partial charge is 0.210 e. The number of hydrogen-bond acceptors (Lipinski definition) is 3. The minimum atomic E-state index is -3.61. The fourth-order valence-electron chi connectivity index (χ4n) is 2.53. The fraction of sp³-hybridized carbons (Fsp3) is 0.176. The highest BCUT2D eigenvalue weighted by Crippen LogP contribution is 2.34. The van der Waals surface area contributed by atoms with Gasteiger partial charge in [-0.3, -0.25) is 0 Å². The average Bonchev–Trinajstić information content (AvgIpc) is 2.83. The molecule has 0 unspecified atom stereocenters. The monoisotopic (exact) mass is 378 g/mol. The summed E-state index contributed by atoms with van der Waals surface area (Å²) in [6.45, 7) is 3.73. The van der Waals surface area contributed by atoms with E-state index >= 15 is 0 Å². The van der Waals surface area contributed by atoms with E-state index in [1.807, 2.05) is 25.1 Å². The molecule has 3 aromatic rings. The first kappa shape index (κ1) is 15.3. The van der Waals surface area contributed by atoms with Gasteiger partial charge < -0.3 is 4.42 Å². The first-order valence-corrected chi connectivity index (χ1v) is 9.24. The Labute approximate surface area is 138 Å². The number of furan rings is 1. The van der Waals surface area contributed by atoms with Crippen LogP contribution in [0.5, 0.6) is 0 Å². The second-order valence-corrected chi connectivity index (χ2v) is 7.93. The van der Waals surface area contributed by atoms with Gasteiger partial charge in [0.2, 0.25) is 9.84 Å². The predicted octanol–water partition coefficient (Wildman–Crippen LogP) is 4.90. The maximum Gasteiger partial charge on any atom is 0.210 e. The Hall–Kier alpha value is -1.59. The molecule has 5 heteroatoms. The summed E-state index contributed by atoms with van der Waals surface area (Å²) in [6, 6.07) is 12.3. The Bertz CT molecular complexity index is 938. The van der Waals surface area contributed by atoms with Gasteiger partial charge in [0.05, 0.1) is 4.90 Å². The van der Waals surface area contributed by atoms with Crippen LogP contribution in [0, 0.1) is 6.92 Å². The number of hydrogen-bond donors (Lipinski definition) is 0. The molecule has 0 atom stereocenters. The topological polar surface area (TPSA) is 47.3 Å². The van der Waals surface area contributed by atoms with Crippen LogP contribution in [0.15, 0.2) is 61.1 Å². The number of fused-ring (bicyclic) bond motifs is 1. The Morgan fingerprint density at radius 2 is 1.77 bits per heavy atom. The van der Waals surface area contributed by atoms with E-state index < -0.39 is 9.84 Å². The molecule has 0 bridgehead atoms. The van der Waals surface area contributed by atoms with Crippen LogP contribution in [0.4, 0.5) is 0 Å². The molecule has 0 saturated heterocycles. The molecule has 22 heavy (non-hydrogen) atoms. The van der Waals surface area contributed by atoms with Gasteiger partial charge >= 0.3 is 0 Å². The van der Waals surface area contributed by atoms with Crippen molar-refractivity contribution in [1.82, 2.24) is 0 Å². The Balaban J connectivity index is 2.28. The molecule has 0 radical (unpaired) electrons. The first-order valence-electron chi connectivity index (χ1n) is 6.96. The summed E-state index contributed by atoms with van der Waals surface area (Å²) in [4.78, 5) is 0.531. The highest BCUT2D eigenvalue weighted by molar-refractivity contribution is 9.10. The van der Waals surface area contributed by atoms with Crippen molar-refractivity contribution < 1.29 is 12.8 Å². The third-order valence-corrected chi connectivity index (χ3v) is 6.14. The van der Waals surface area contributed by atoms with Gasteiger partial charge in [-0.2, -0.15) is 0 Å². The lowest BCUT2D eigenvalue weighted by Crippen LogP contribution is -2.02. The maximum atomic E-state index is 13.0. The quantitative estimate of drug-likeness (QED) is 0.650. The molecule has 0 fully saturated rings. The van der Waals surface area contributed by atoms with Crippen LogP contribution in [0.2, 0.25) is 0 Å². The van der Waals surface area contributed by atoms with E-state index in [0.29, 0.717) is 16.7 Å². The number of aryl methyl sites for hydroxylation is 2. The second kappa shape index (κ2) is 5.56. The van der Waals surface area contributed by atoms with Gasteiger partial charge in [0.15, 0.2) is 0 Å². The van der Waals surface area contributed by atoms with E-state index in [1.165, 1.54) is 0 Å². The highest BCUT2D eigenvalue weighted by Gasteiger charge is 2.26. The number of halogens is 1. The van der Waals surface area contributed by atoms with Crippen LogP contribution in [0.1, 0.15) is 18.2 Å². The summed E-state index contributed by atoms with van der Waals surface area (Å²) < 4.78 is 32.4. The minimum absolute atomic E-state index is 0.264. The van der Waals surface area contributed by atoms with Crippen molar-refractivity contribution in [2.24, 2.45) is 0 Å². The number of rotatable bonds is 3. The summed E-state index contributed by atoms with van der Waals surface area (Å²) in [5.74, 6) is 0.422. The summed E-state index contributed by atoms with van der Waals surface area (Å²) in [5, 5.41) is 0.653. The largest absolute Gasteiger partial charge is 0.460 e. The predicted molar refractivity (Wildman–Crippen MR) is 89.9 cm³/mol. The molecule has 0 aliphatic heterocycles. The van der Waals surface area contributed by atoms with Gasteiger partial charge in [-0.15, -0.1) is 0 Å². The van der Waals surface area contributed by atoms with Crippen LogP contribution in [0.25, 0.3) is 11.0 Å². The third-order valence-electron chi connectivity index (χ3n) is 3.67. The standard InChI is InChI=1S/C17H15BrO3S/c1-3-12-4-9-16-15(10-12)17(11(2)21-16)22(19,20)14-7-5-13(18)6-8-14/h4-10H,3H2,1-2H3. The van der Waals surface area contributed by atoms with Crippen LogP contribution >= 0.6 is 15.9 Å². The lowest BCUT2D eigenvalue weighted by atomic mass is 10.1. The van der Waals surface area contributed by atoms with Gasteiger partial charge in [0, 0.05) is 9.86 Å². The summed E-state index contributed by atoms with van der Waals surface area (Å²) in [6.07, 6.45) is 0.845. The second-order valence-electron chi connectivity index (χ2n) is 5.13. The molecule has 2 aromatic carbocycles. The normalized spacial score (nSPS) is 12.0. The lowest BCUT2D eigenvalue weighted by molar-refractivity contribution is 0.557. The van der Waals surface area contributed by atoms with Gasteiger partial charge in [0.25, 0.3) is 0 Å². The summed E-state index contributed by atoms with van der Waals surface area (Å²) >= 11 is 3.32. The molecule has 0 aliphatic rings. The Morgan fingerprint density at radius 1 is 1.09 bits per heavy atom. The molecule has 114 valence electrons. The van der Waals surface area contributed by atoms with Crippen molar-refractivity contribution in [3.63, 3.8) is 0 Å². The molecule has 0 spiro atoms. The molecule has 0 aliphatic carbocycles. The van der Waals surface area contributed by atoms with Crippen LogP contribution in [-0.4, -0.2) is 8.42 Å². The molecule has 1 aromatic heterocycles. The van der Waals surface area contributed by atoms with Gasteiger partial charge in [0.1, 0.15) is 16.2 Å². The Morgan fingerprint density at radius 3 is 2.41 bits per heavy atom. The zero-order chi connectivity index (χ0) is 15.9. The van der Waals surface area contributed by atoms with Crippen molar-refractivity contribution in [3.8, 4) is 0 Å². The Kier molecular flexibility index (Phi) is 3.87. The average molecular weight is 379 g/mol. The van der Waals surface area contributed by atoms with E-state index in [9.17, 15) is 8.42 Å². The SMILES string of the molecule is CCc1ccc2oc(C)c(S(=O)(=O)c3ccc(Br)cc3)c2c1. The zero-order valence-corrected chi connectivity index (χ0v) is 14.7. The maximum absolute atomic E-state index is 13.0. The first-order chi connectivity index (χ1) is 10.4.